The fraction of sp³-hybridized carbons (Fsp3) is 0.143. The largest absolute Gasteiger partial charge is 0.497 e. The molecule has 3 aromatic rings. The summed E-state index contributed by atoms with van der Waals surface area (Å²) in [5.41, 5.74) is 6.81. The molecule has 0 unspecified atom stereocenters. The van der Waals surface area contributed by atoms with Gasteiger partial charge in [0, 0.05) is 6.07 Å². The number of anilines is 1. The molecule has 4 N–H and O–H groups in total. The summed E-state index contributed by atoms with van der Waals surface area (Å²) in [6, 6.07) is 8.86. The molecule has 7 heteroatoms. The van der Waals surface area contributed by atoms with E-state index in [2.05, 4.69) is 10.1 Å². The van der Waals surface area contributed by atoms with Crippen LogP contribution in [0, 0.1) is 0 Å². The Balaban J connectivity index is 2.06. The molecule has 0 atom stereocenters. The number of nitrogens with one attached hydrogen (secondary N) is 1. The number of hydrogen-bond acceptors (Lipinski definition) is 5. The van der Waals surface area contributed by atoms with Gasteiger partial charge in [-0.05, 0) is 17.7 Å². The number of benzene rings is 1. The molecule has 108 valence electrons. The van der Waals surface area contributed by atoms with Crippen LogP contribution in [0.1, 0.15) is 5.56 Å². The summed E-state index contributed by atoms with van der Waals surface area (Å²) in [6.45, 7) is 0.401. The molecular formula is C14H14N4O3. The summed E-state index contributed by atoms with van der Waals surface area (Å²) in [5.74, 6) is 0.755. The smallest absolute Gasteiger partial charge is 0.263 e. The van der Waals surface area contributed by atoms with Gasteiger partial charge in [0.25, 0.3) is 5.56 Å². The summed E-state index contributed by atoms with van der Waals surface area (Å²) >= 11 is 0. The number of nitrogens with zero attached hydrogens (tertiary/aromatic N) is 2. The maximum absolute atomic E-state index is 11.8. The molecule has 0 radical (unpaired) electrons. The summed E-state index contributed by atoms with van der Waals surface area (Å²) in [7, 11) is 1.60. The highest BCUT2D eigenvalue weighted by Gasteiger charge is 2.13. The number of methoxy groups -OCH3 is 1. The molecule has 0 bridgehead atoms. The van der Waals surface area contributed by atoms with E-state index in [-0.39, 0.29) is 17.1 Å². The van der Waals surface area contributed by atoms with Crippen LogP contribution >= 0.6 is 0 Å². The van der Waals surface area contributed by atoms with E-state index in [9.17, 15) is 9.90 Å². The fourth-order valence-electron chi connectivity index (χ4n) is 2.24. The van der Waals surface area contributed by atoms with Gasteiger partial charge in [0.1, 0.15) is 22.5 Å². The highest BCUT2D eigenvalue weighted by Crippen LogP contribution is 2.21. The van der Waals surface area contributed by atoms with Crippen molar-refractivity contribution in [3.05, 3.63) is 46.2 Å². The molecule has 0 aliphatic heterocycles. The van der Waals surface area contributed by atoms with Crippen LogP contribution < -0.4 is 16.0 Å². The second-order valence-corrected chi connectivity index (χ2v) is 4.64. The maximum atomic E-state index is 11.8. The third-order valence-electron chi connectivity index (χ3n) is 3.23. The zero-order valence-corrected chi connectivity index (χ0v) is 11.3. The molecule has 2 heterocycles. The Bertz CT molecular complexity index is 866. The lowest BCUT2D eigenvalue weighted by Crippen LogP contribution is -2.09. The monoisotopic (exact) mass is 286 g/mol. The minimum absolute atomic E-state index is 0.237. The van der Waals surface area contributed by atoms with E-state index in [1.807, 2.05) is 24.3 Å². The molecule has 0 amide bonds. The molecule has 0 aliphatic carbocycles. The molecule has 1 aromatic carbocycles. The molecule has 21 heavy (non-hydrogen) atoms. The first-order chi connectivity index (χ1) is 10.1. The molecule has 0 saturated carbocycles. The van der Waals surface area contributed by atoms with Crippen molar-refractivity contribution in [3.63, 3.8) is 0 Å². The van der Waals surface area contributed by atoms with Crippen molar-refractivity contribution in [1.82, 2.24) is 14.8 Å². The third kappa shape index (κ3) is 2.29. The highest BCUT2D eigenvalue weighted by atomic mass is 16.5. The van der Waals surface area contributed by atoms with Gasteiger partial charge < -0.3 is 15.6 Å². The van der Waals surface area contributed by atoms with Gasteiger partial charge >= 0.3 is 0 Å². The van der Waals surface area contributed by atoms with Crippen molar-refractivity contribution in [1.29, 1.82) is 0 Å². The Morgan fingerprint density at radius 3 is 3.00 bits per heavy atom. The van der Waals surface area contributed by atoms with Gasteiger partial charge in [0.2, 0.25) is 0 Å². The number of ether oxygens (including phenoxy) is 1. The first kappa shape index (κ1) is 13.0. The van der Waals surface area contributed by atoms with E-state index in [0.717, 1.165) is 11.3 Å². The fourth-order valence-corrected chi connectivity index (χ4v) is 2.24. The topological polar surface area (TPSA) is 106 Å². The van der Waals surface area contributed by atoms with Crippen LogP contribution in [0.5, 0.6) is 11.6 Å². The van der Waals surface area contributed by atoms with Crippen LogP contribution in [-0.4, -0.2) is 27.0 Å². The van der Waals surface area contributed by atoms with Gasteiger partial charge in [-0.15, -0.1) is 0 Å². The van der Waals surface area contributed by atoms with E-state index in [4.69, 9.17) is 10.5 Å². The lowest BCUT2D eigenvalue weighted by molar-refractivity contribution is 0.414. The number of fused-ring (bicyclic) bond motifs is 1. The number of hydrogen-bond donors (Lipinski definition) is 3. The Hall–Kier alpha value is -2.96. The quantitative estimate of drug-likeness (QED) is 0.667. The number of aromatic amines is 1. The Morgan fingerprint density at radius 1 is 1.43 bits per heavy atom. The summed E-state index contributed by atoms with van der Waals surface area (Å²) < 4.78 is 6.69. The molecular weight excluding hydrogens is 272 g/mol. The van der Waals surface area contributed by atoms with Crippen LogP contribution in [0.25, 0.3) is 10.9 Å². The number of H-pyrrole nitrogens is 1. The summed E-state index contributed by atoms with van der Waals surface area (Å²) in [6.07, 6.45) is 0. The molecule has 2 aromatic heterocycles. The lowest BCUT2D eigenvalue weighted by atomic mass is 10.2. The van der Waals surface area contributed by atoms with Crippen molar-refractivity contribution in [2.45, 2.75) is 6.54 Å². The van der Waals surface area contributed by atoms with E-state index >= 15 is 0 Å². The third-order valence-corrected chi connectivity index (χ3v) is 3.23. The van der Waals surface area contributed by atoms with Crippen LogP contribution in [-0.2, 0) is 6.54 Å². The number of aromatic hydroxyl groups is 1. The standard InChI is InChI=1S/C14H14N4O3/c1-21-9-4-2-3-8(5-9)7-18-13(15)12-10(17-18)6-11(19)16-14(12)20/h2-6,19H,7,15H2,1H3,(H,16,20). The van der Waals surface area contributed by atoms with Gasteiger partial charge in [0.15, 0.2) is 5.88 Å². The average Bonchev–Trinajstić information content (AvgIpc) is 2.75. The average molecular weight is 286 g/mol. The zero-order chi connectivity index (χ0) is 15.0. The molecule has 0 saturated heterocycles. The van der Waals surface area contributed by atoms with Crippen molar-refractivity contribution in [3.8, 4) is 11.6 Å². The van der Waals surface area contributed by atoms with E-state index in [1.165, 1.54) is 10.7 Å². The number of pyridine rings is 1. The first-order valence-corrected chi connectivity index (χ1v) is 6.29. The molecule has 0 fully saturated rings. The van der Waals surface area contributed by atoms with Gasteiger partial charge in [0.05, 0.1) is 13.7 Å². The van der Waals surface area contributed by atoms with Crippen molar-refractivity contribution in [2.75, 3.05) is 12.8 Å². The second kappa shape index (κ2) is 4.86. The first-order valence-electron chi connectivity index (χ1n) is 6.29. The van der Waals surface area contributed by atoms with Crippen molar-refractivity contribution < 1.29 is 9.84 Å². The molecule has 0 spiro atoms. The molecule has 0 aliphatic rings. The predicted molar refractivity (Wildman–Crippen MR) is 78.5 cm³/mol. The number of nitrogen functional groups attached to an aromatic ring is 1. The normalized spacial score (nSPS) is 10.9. The zero-order valence-electron chi connectivity index (χ0n) is 11.3. The van der Waals surface area contributed by atoms with Crippen LogP contribution in [0.2, 0.25) is 0 Å². The van der Waals surface area contributed by atoms with Gasteiger partial charge in [-0.3, -0.25) is 9.78 Å². The minimum Gasteiger partial charge on any atom is -0.497 e. The molecule has 3 rings (SSSR count). The van der Waals surface area contributed by atoms with E-state index in [1.54, 1.807) is 7.11 Å². The maximum Gasteiger partial charge on any atom is 0.263 e. The van der Waals surface area contributed by atoms with Crippen LogP contribution in [0.3, 0.4) is 0 Å². The summed E-state index contributed by atoms with van der Waals surface area (Å²) in [4.78, 5) is 14.1. The predicted octanol–water partition coefficient (Wildman–Crippen LogP) is 1.07. The lowest BCUT2D eigenvalue weighted by Gasteiger charge is -2.06. The van der Waals surface area contributed by atoms with E-state index < -0.39 is 5.56 Å². The van der Waals surface area contributed by atoms with Crippen LogP contribution in [0.15, 0.2) is 35.1 Å². The van der Waals surface area contributed by atoms with Gasteiger partial charge in [-0.25, -0.2) is 4.68 Å². The van der Waals surface area contributed by atoms with Crippen LogP contribution in [0.4, 0.5) is 5.82 Å². The highest BCUT2D eigenvalue weighted by molar-refractivity contribution is 5.88. The number of rotatable bonds is 3. The van der Waals surface area contributed by atoms with E-state index in [0.29, 0.717) is 12.1 Å². The SMILES string of the molecule is COc1cccc(Cn2nc3cc(O)[nH]c(=O)c3c2N)c1. The Morgan fingerprint density at radius 2 is 2.24 bits per heavy atom. The van der Waals surface area contributed by atoms with Gasteiger partial charge in [-0.1, -0.05) is 12.1 Å². The molecule has 7 nitrogen and oxygen atoms in total. The van der Waals surface area contributed by atoms with Crippen molar-refractivity contribution in [2.24, 2.45) is 0 Å². The minimum atomic E-state index is -0.459. The number of aromatic nitrogens is 3. The summed E-state index contributed by atoms with van der Waals surface area (Å²) in [5, 5.41) is 13.9. The Labute approximate surface area is 119 Å². The second-order valence-electron chi connectivity index (χ2n) is 4.64. The van der Waals surface area contributed by atoms with Crippen molar-refractivity contribution >= 4 is 16.7 Å². The number of nitrogens with two attached hydrogens (primary N) is 1. The van der Waals surface area contributed by atoms with Gasteiger partial charge in [-0.2, -0.15) is 5.10 Å². The Kier molecular flexibility index (Phi) is 3.02.